The molecule has 6 rings (SSSR count). The van der Waals surface area contributed by atoms with Crippen molar-refractivity contribution in [2.45, 2.75) is 180 Å². The van der Waals surface area contributed by atoms with Crippen LogP contribution in [0.5, 0.6) is 0 Å². The maximum atomic E-state index is 13.9. The van der Waals surface area contributed by atoms with Gasteiger partial charge in [0.1, 0.15) is 59.6 Å². The number of nitrogens with zero attached hydrogens (tertiary/aromatic N) is 6. The van der Waals surface area contributed by atoms with Crippen molar-refractivity contribution in [2.75, 3.05) is 71.3 Å². The highest BCUT2D eigenvalue weighted by atomic mass is 79.9. The average Bonchev–Trinajstić information content (AvgIpc) is 1.59. The summed E-state index contributed by atoms with van der Waals surface area (Å²) in [6.07, 6.45) is 20.8. The number of anilines is 1. The van der Waals surface area contributed by atoms with Crippen molar-refractivity contribution in [3.63, 3.8) is 0 Å². The van der Waals surface area contributed by atoms with Crippen LogP contribution in [0.3, 0.4) is 0 Å². The van der Waals surface area contributed by atoms with Crippen LogP contribution in [0, 0.1) is 18.8 Å². The van der Waals surface area contributed by atoms with Gasteiger partial charge in [0, 0.05) is 88.5 Å². The zero-order valence-electron chi connectivity index (χ0n) is 52.2. The van der Waals surface area contributed by atoms with Crippen LogP contribution >= 0.6 is 15.9 Å². The Bertz CT molecular complexity index is 3010. The molecule has 0 radical (unpaired) electrons. The molecule has 1 saturated carbocycles. The molecule has 4 atom stereocenters. The van der Waals surface area contributed by atoms with E-state index in [0.717, 1.165) is 62.5 Å². The number of carboxylic acid groups (broad SMARTS) is 2. The molecule has 492 valence electrons. The Morgan fingerprint density at radius 2 is 1.31 bits per heavy atom. The van der Waals surface area contributed by atoms with Crippen LogP contribution in [0.1, 0.15) is 170 Å². The van der Waals surface area contributed by atoms with Gasteiger partial charge in [0.2, 0.25) is 23.6 Å². The number of halogens is 1. The van der Waals surface area contributed by atoms with Crippen molar-refractivity contribution in [1.82, 2.24) is 40.3 Å². The average molecular weight is 1320 g/mol. The molecule has 1 saturated heterocycles. The van der Waals surface area contributed by atoms with Crippen molar-refractivity contribution in [2.24, 2.45) is 11.8 Å². The molecule has 0 bridgehead atoms. The summed E-state index contributed by atoms with van der Waals surface area (Å²) < 4.78 is 23.9. The van der Waals surface area contributed by atoms with E-state index in [1.807, 2.05) is 25.1 Å². The summed E-state index contributed by atoms with van der Waals surface area (Å²) in [5.41, 5.74) is 3.00. The number of carbonyl (C=O) groups is 9. The van der Waals surface area contributed by atoms with Gasteiger partial charge in [-0.2, -0.15) is 5.10 Å². The number of aliphatic carboxylic acids is 2. The van der Waals surface area contributed by atoms with Gasteiger partial charge in [0.05, 0.1) is 38.6 Å². The minimum absolute atomic E-state index is 0.0187. The Morgan fingerprint density at radius 1 is 0.678 bits per heavy atom. The van der Waals surface area contributed by atoms with Gasteiger partial charge >= 0.3 is 11.9 Å². The lowest BCUT2D eigenvalue weighted by atomic mass is 10.0. The Morgan fingerprint density at radius 3 is 1.97 bits per heavy atom. The lowest BCUT2D eigenvalue weighted by Crippen LogP contribution is -2.47. The normalized spacial score (nSPS) is 15.3. The number of nitrogens with one attached hydrogen (secondary N) is 3. The van der Waals surface area contributed by atoms with E-state index in [9.17, 15) is 48.3 Å². The maximum Gasteiger partial charge on any atom is 0.326 e. The third-order valence-corrected chi connectivity index (χ3v) is 16.5. The third kappa shape index (κ3) is 25.8. The highest BCUT2D eigenvalue weighted by molar-refractivity contribution is 9.10. The molecule has 25 heteroatoms. The van der Waals surface area contributed by atoms with E-state index < -0.39 is 24.0 Å². The van der Waals surface area contributed by atoms with Gasteiger partial charge in [-0.3, -0.25) is 43.0 Å². The molecule has 1 aromatic carbocycles. The number of ether oxygens (including phenoxy) is 4. The van der Waals surface area contributed by atoms with E-state index in [0.29, 0.717) is 58.5 Å². The van der Waals surface area contributed by atoms with Gasteiger partial charge in [0.25, 0.3) is 0 Å². The van der Waals surface area contributed by atoms with Crippen molar-refractivity contribution in [1.29, 1.82) is 0 Å². The Balaban J connectivity index is 0.729. The quantitative estimate of drug-likeness (QED) is 0.0157. The molecule has 4 aromatic rings. The smallest absolute Gasteiger partial charge is 0.326 e. The van der Waals surface area contributed by atoms with Gasteiger partial charge in [-0.15, -0.1) is 0 Å². The van der Waals surface area contributed by atoms with Gasteiger partial charge in [0.15, 0.2) is 11.6 Å². The predicted molar refractivity (Wildman–Crippen MR) is 337 cm³/mol. The molecule has 1 aliphatic carbocycles. The van der Waals surface area contributed by atoms with Crippen molar-refractivity contribution in [3.8, 4) is 11.1 Å². The third-order valence-electron chi connectivity index (χ3n) is 16.0. The number of benzene rings is 1. The first-order valence-electron chi connectivity index (χ1n) is 31.9. The number of unbranched alkanes of at least 4 members (excludes halogenated alkanes) is 13. The fourth-order valence-corrected chi connectivity index (χ4v) is 11.2. The summed E-state index contributed by atoms with van der Waals surface area (Å²) in [5, 5.41) is 31.6. The van der Waals surface area contributed by atoms with Gasteiger partial charge in [-0.25, -0.2) is 19.7 Å². The van der Waals surface area contributed by atoms with Crippen molar-refractivity contribution < 1.29 is 72.3 Å². The fraction of sp³-hybridized carbons (Fsp3) is 0.615. The number of piperidine rings is 1. The zero-order valence-corrected chi connectivity index (χ0v) is 53.7. The number of fused-ring (bicyclic) bond motifs is 2. The lowest BCUT2D eigenvalue weighted by molar-refractivity contribution is -0.142. The summed E-state index contributed by atoms with van der Waals surface area (Å²) in [7, 11) is 0. The van der Waals surface area contributed by atoms with Crippen LogP contribution in [-0.4, -0.2) is 171 Å². The molecule has 5 N–H and O–H groups in total. The highest BCUT2D eigenvalue weighted by Crippen LogP contribution is 2.50. The van der Waals surface area contributed by atoms with Crippen LogP contribution in [0.2, 0.25) is 0 Å². The second kappa shape index (κ2) is 39.4. The van der Waals surface area contributed by atoms with Crippen LogP contribution < -0.4 is 16.0 Å². The van der Waals surface area contributed by atoms with Gasteiger partial charge in [-0.05, 0) is 96.1 Å². The fourth-order valence-electron chi connectivity index (χ4n) is 10.9. The topological polar surface area (TPSA) is 327 Å². The molecule has 4 heterocycles. The molecule has 2 aliphatic rings. The van der Waals surface area contributed by atoms with E-state index in [4.69, 9.17) is 24.1 Å². The first-order chi connectivity index (χ1) is 43.5. The second-order valence-electron chi connectivity index (χ2n) is 23.3. The van der Waals surface area contributed by atoms with E-state index in [2.05, 4.69) is 51.9 Å². The molecule has 0 unspecified atom stereocenters. The molecule has 4 amide bonds. The van der Waals surface area contributed by atoms with Gasteiger partial charge < -0.3 is 50.0 Å². The van der Waals surface area contributed by atoms with E-state index in [1.165, 1.54) is 50.1 Å². The molecule has 1 aliphatic heterocycles. The molecular formula is C65H90BrN9O15. The van der Waals surface area contributed by atoms with E-state index in [1.54, 1.807) is 29.4 Å². The minimum Gasteiger partial charge on any atom is -0.481 e. The summed E-state index contributed by atoms with van der Waals surface area (Å²) in [6.45, 7) is 4.83. The number of amides is 4. The number of carboxylic acids is 2. The monoisotopic (exact) mass is 1320 g/mol. The Hall–Kier alpha value is -6.93. The maximum absolute atomic E-state index is 13.9. The number of aryl methyl sites for hydroxylation is 2. The predicted octanol–water partition coefficient (Wildman–Crippen LogP) is 8.36. The number of pyridine rings is 1. The summed E-state index contributed by atoms with van der Waals surface area (Å²) >= 11 is 3.36. The molecule has 0 spiro atoms. The van der Waals surface area contributed by atoms with Crippen LogP contribution in [0.25, 0.3) is 22.0 Å². The zero-order chi connectivity index (χ0) is 64.6. The Labute approximate surface area is 534 Å². The number of Topliss-reactive ketones (excluding diaryl/α,β-unsaturated/α-hetero) is 3. The second-order valence-corrected chi connectivity index (χ2v) is 24.1. The standard InChI is InChI=1S/C65H90BrN9O15/c1-44-21-27-55(66)71-63(44)72-64(84)62-51-37-47(51)40-74(62)59(81)41-75-54-26-22-46(36-52(54)61(73-75)45(2)76)48-38-68-56(69-39-48)28-24-50(78)42-89-34-33-88-31-29-67-58(80)43-90-35-32-87-30-17-18-49(77)23-25-53(65(85)86)70-57(79)19-15-13-11-9-7-5-3-4-6-8-10-12-14-16-20-60(82)83/h21-22,26-27,36,38-39,47,51,53,62H,3-20,23-25,28-35,37,40-43H2,1-2H3,(H,67,80)(H,70,79)(H,82,83)(H,85,86)(H,71,72,84)/t47-,51-,53+,62+/m1/s1. The first kappa shape index (κ1) is 72.1. The number of aromatic nitrogens is 5. The number of ketones is 3. The lowest BCUT2D eigenvalue weighted by Gasteiger charge is -2.27. The number of likely N-dealkylation sites (tertiary alicyclic amines) is 1. The summed E-state index contributed by atoms with van der Waals surface area (Å²) in [4.78, 5) is 127. The van der Waals surface area contributed by atoms with E-state index >= 15 is 0 Å². The summed E-state index contributed by atoms with van der Waals surface area (Å²) in [6, 6.07) is 7.33. The number of hydrogen-bond acceptors (Lipinski definition) is 17. The molecule has 3 aromatic heterocycles. The molecule has 90 heavy (non-hydrogen) atoms. The highest BCUT2D eigenvalue weighted by Gasteiger charge is 2.57. The Kier molecular flexibility index (Phi) is 31.5. The molecule has 2 fully saturated rings. The summed E-state index contributed by atoms with van der Waals surface area (Å²) in [5.74, 6) is -2.38. The van der Waals surface area contributed by atoms with Crippen molar-refractivity contribution in [3.05, 3.63) is 64.4 Å². The SMILES string of the molecule is CC(=O)c1nn(CC(=O)N2C[C@H]3C[C@H]3[C@H]2C(=O)Nc2nc(Br)ccc2C)c2ccc(-c3cnc(CCC(=O)COCCOCCNC(=O)COCCOCCCC(=O)CC[C@H](NC(=O)CCCCCCCCCCCCCCCCC(=O)O)C(=O)O)nc3)cc12. The minimum atomic E-state index is -1.17. The van der Waals surface area contributed by atoms with Crippen molar-refractivity contribution >= 4 is 85.6 Å². The largest absolute Gasteiger partial charge is 0.481 e. The number of rotatable bonds is 48. The van der Waals surface area contributed by atoms with Crippen LogP contribution in [0.4, 0.5) is 5.82 Å². The van der Waals surface area contributed by atoms with E-state index in [-0.39, 0.29) is 163 Å². The number of hydrogen-bond donors (Lipinski definition) is 5. The van der Waals surface area contributed by atoms with Crippen LogP contribution in [-0.2, 0) is 70.3 Å². The van der Waals surface area contributed by atoms with Crippen LogP contribution in [0.15, 0.2) is 47.3 Å². The van der Waals surface area contributed by atoms with Gasteiger partial charge in [-0.1, -0.05) is 89.2 Å². The first-order valence-corrected chi connectivity index (χ1v) is 32.7. The molecule has 24 nitrogen and oxygen atoms in total. The molecular weight excluding hydrogens is 1230 g/mol. The number of carbonyl (C=O) groups excluding carboxylic acids is 7.